The van der Waals surface area contributed by atoms with E-state index in [0.717, 1.165) is 16.6 Å². The van der Waals surface area contributed by atoms with Crippen LogP contribution in [-0.4, -0.2) is 9.97 Å². The lowest BCUT2D eigenvalue weighted by Crippen LogP contribution is -1.84. The monoisotopic (exact) mass is 393 g/mol. The Morgan fingerprint density at radius 1 is 1.15 bits per heavy atom. The van der Waals surface area contributed by atoms with Crippen LogP contribution in [0.4, 0.5) is 0 Å². The number of nitrogens with zero attached hydrogens (tertiary/aromatic N) is 2. The van der Waals surface area contributed by atoms with Gasteiger partial charge in [-0.25, -0.2) is 4.98 Å². The van der Waals surface area contributed by atoms with Gasteiger partial charge in [-0.15, -0.1) is 0 Å². The average Bonchev–Trinajstić information content (AvgIpc) is 3.28. The number of hydrogen-bond donors (Lipinski definition) is 1. The largest absolute Gasteiger partial charge is 0.457 e. The number of rotatable bonds is 3. The summed E-state index contributed by atoms with van der Waals surface area (Å²) in [5.74, 6) is 1.59. The maximum atomic E-state index is 9.57. The summed E-state index contributed by atoms with van der Waals surface area (Å²) >= 11 is 12.3. The van der Waals surface area contributed by atoms with Crippen molar-refractivity contribution in [1.82, 2.24) is 9.97 Å². The predicted molar refractivity (Wildman–Crippen MR) is 108 cm³/mol. The third-order valence-electron chi connectivity index (χ3n) is 4.12. The highest BCUT2D eigenvalue weighted by Gasteiger charge is 2.12. The summed E-state index contributed by atoms with van der Waals surface area (Å²) in [5, 5.41) is 10.7. The van der Waals surface area contributed by atoms with Gasteiger partial charge < -0.3 is 9.40 Å². The quantitative estimate of drug-likeness (QED) is 0.403. The molecule has 4 rings (SSSR count). The summed E-state index contributed by atoms with van der Waals surface area (Å²) in [5.41, 5.74) is 3.89. The third kappa shape index (κ3) is 3.48. The number of halogens is 2. The van der Waals surface area contributed by atoms with Crippen molar-refractivity contribution in [2.45, 2.75) is 6.92 Å². The summed E-state index contributed by atoms with van der Waals surface area (Å²) in [6.45, 7) is 2.01. The van der Waals surface area contributed by atoms with Crippen molar-refractivity contribution in [3.63, 3.8) is 0 Å². The Bertz CT molecular complexity index is 1230. The molecular formula is C21H13Cl2N3O. The van der Waals surface area contributed by atoms with Crippen LogP contribution in [0.5, 0.6) is 0 Å². The first-order valence-corrected chi connectivity index (χ1v) is 8.93. The maximum Gasteiger partial charge on any atom is 0.149 e. The zero-order valence-corrected chi connectivity index (χ0v) is 15.8. The number of aryl methyl sites for hydroxylation is 1. The van der Waals surface area contributed by atoms with Crippen molar-refractivity contribution in [2.24, 2.45) is 0 Å². The molecule has 2 aromatic carbocycles. The molecule has 0 saturated carbocycles. The molecule has 0 aliphatic rings. The van der Waals surface area contributed by atoms with Crippen molar-refractivity contribution in [2.75, 3.05) is 0 Å². The van der Waals surface area contributed by atoms with E-state index in [-0.39, 0.29) is 0 Å². The summed E-state index contributed by atoms with van der Waals surface area (Å²) in [6, 6.07) is 16.8. The van der Waals surface area contributed by atoms with Crippen molar-refractivity contribution in [1.29, 1.82) is 5.26 Å². The minimum absolute atomic E-state index is 0.377. The molecular weight excluding hydrogens is 381 g/mol. The first kappa shape index (κ1) is 17.4. The Hall–Kier alpha value is -3.00. The van der Waals surface area contributed by atoms with Gasteiger partial charge in [0.15, 0.2) is 0 Å². The zero-order chi connectivity index (χ0) is 19.0. The van der Waals surface area contributed by atoms with Crippen molar-refractivity contribution < 1.29 is 4.42 Å². The van der Waals surface area contributed by atoms with Gasteiger partial charge in [-0.3, -0.25) is 0 Å². The number of allylic oxidation sites excluding steroid dienone is 1. The molecule has 0 atom stereocenters. The minimum atomic E-state index is 0.377. The van der Waals surface area contributed by atoms with E-state index in [2.05, 4.69) is 16.0 Å². The second-order valence-electron chi connectivity index (χ2n) is 6.10. The molecule has 4 nitrogen and oxygen atoms in total. The fraction of sp³-hybridized carbons (Fsp3) is 0.0476. The number of aromatic amines is 1. The van der Waals surface area contributed by atoms with Crippen LogP contribution in [0.25, 0.3) is 34.0 Å². The van der Waals surface area contributed by atoms with Crippen LogP contribution >= 0.6 is 23.2 Å². The molecule has 4 aromatic rings. The Labute approximate surface area is 165 Å². The molecule has 6 heteroatoms. The number of aromatic nitrogens is 2. The number of benzene rings is 2. The number of imidazole rings is 1. The highest BCUT2D eigenvalue weighted by Crippen LogP contribution is 2.32. The maximum absolute atomic E-state index is 9.57. The molecule has 132 valence electrons. The van der Waals surface area contributed by atoms with Crippen LogP contribution in [0.1, 0.15) is 17.1 Å². The highest BCUT2D eigenvalue weighted by molar-refractivity contribution is 6.35. The lowest BCUT2D eigenvalue weighted by Gasteiger charge is -2.01. The second kappa shape index (κ2) is 6.96. The van der Waals surface area contributed by atoms with E-state index in [1.807, 2.05) is 25.1 Å². The molecule has 1 N–H and O–H groups in total. The number of nitriles is 1. The normalized spacial score (nSPS) is 11.7. The zero-order valence-electron chi connectivity index (χ0n) is 14.3. The lowest BCUT2D eigenvalue weighted by molar-refractivity contribution is 0.572. The van der Waals surface area contributed by atoms with E-state index in [9.17, 15) is 5.26 Å². The van der Waals surface area contributed by atoms with Gasteiger partial charge in [0, 0.05) is 16.7 Å². The number of fused-ring (bicyclic) bond motifs is 1. The SMILES string of the molecule is Cc1ccc2nc(/C(C#N)=C/c3ccc(-c4cc(Cl)ccc4Cl)o3)[nH]c2c1. The van der Waals surface area contributed by atoms with Crippen molar-refractivity contribution in [3.05, 3.63) is 75.7 Å². The Balaban J connectivity index is 1.72. The summed E-state index contributed by atoms with van der Waals surface area (Å²) in [6.07, 6.45) is 1.65. The number of hydrogen-bond acceptors (Lipinski definition) is 3. The minimum Gasteiger partial charge on any atom is -0.457 e. The molecule has 0 aliphatic carbocycles. The summed E-state index contributed by atoms with van der Waals surface area (Å²) < 4.78 is 5.84. The van der Waals surface area contributed by atoms with Gasteiger partial charge in [-0.1, -0.05) is 29.3 Å². The number of furan rings is 1. The van der Waals surface area contributed by atoms with Crippen molar-refractivity contribution >= 4 is 45.9 Å². The van der Waals surface area contributed by atoms with E-state index >= 15 is 0 Å². The van der Waals surface area contributed by atoms with Gasteiger partial charge in [0.25, 0.3) is 0 Å². The van der Waals surface area contributed by atoms with Crippen LogP contribution in [0, 0.1) is 18.3 Å². The van der Waals surface area contributed by atoms with Gasteiger partial charge in [0.1, 0.15) is 23.4 Å². The molecule has 0 aliphatic heterocycles. The van der Waals surface area contributed by atoms with Gasteiger partial charge >= 0.3 is 0 Å². The second-order valence-corrected chi connectivity index (χ2v) is 6.95. The van der Waals surface area contributed by atoms with Gasteiger partial charge in [-0.05, 0) is 55.0 Å². The molecule has 0 fully saturated rings. The van der Waals surface area contributed by atoms with E-state index in [4.69, 9.17) is 27.6 Å². The molecule has 2 heterocycles. The van der Waals surface area contributed by atoms with Gasteiger partial charge in [-0.2, -0.15) is 5.26 Å². The summed E-state index contributed by atoms with van der Waals surface area (Å²) in [7, 11) is 0. The molecule has 2 aromatic heterocycles. The van der Waals surface area contributed by atoms with Crippen LogP contribution in [-0.2, 0) is 0 Å². The first-order valence-electron chi connectivity index (χ1n) is 8.17. The predicted octanol–water partition coefficient (Wildman–Crippen LogP) is 6.50. The lowest BCUT2D eigenvalue weighted by atomic mass is 10.2. The molecule has 0 radical (unpaired) electrons. The van der Waals surface area contributed by atoms with Gasteiger partial charge in [0.05, 0.1) is 21.6 Å². The fourth-order valence-electron chi connectivity index (χ4n) is 2.81. The van der Waals surface area contributed by atoms with Crippen LogP contribution in [0.3, 0.4) is 0 Å². The van der Waals surface area contributed by atoms with E-state index < -0.39 is 0 Å². The molecule has 0 spiro atoms. The number of H-pyrrole nitrogens is 1. The van der Waals surface area contributed by atoms with Crippen LogP contribution in [0.2, 0.25) is 10.0 Å². The average molecular weight is 394 g/mol. The standard InChI is InChI=1S/C21H13Cl2N3O/c1-12-2-6-18-19(8-12)26-21(25-18)13(11-24)9-15-4-7-20(27-15)16-10-14(22)3-5-17(16)23/h2-10H,1H3,(H,25,26)/b13-9+. The molecule has 0 unspecified atom stereocenters. The Morgan fingerprint density at radius 3 is 2.81 bits per heavy atom. The third-order valence-corrected chi connectivity index (χ3v) is 4.68. The van der Waals surface area contributed by atoms with E-state index in [1.54, 1.807) is 36.4 Å². The first-order chi connectivity index (χ1) is 13.0. The van der Waals surface area contributed by atoms with Crippen LogP contribution < -0.4 is 0 Å². The topological polar surface area (TPSA) is 65.6 Å². The Kier molecular flexibility index (Phi) is 4.49. The number of nitrogens with one attached hydrogen (secondary N) is 1. The molecule has 0 saturated heterocycles. The van der Waals surface area contributed by atoms with E-state index in [0.29, 0.717) is 38.5 Å². The highest BCUT2D eigenvalue weighted by atomic mass is 35.5. The van der Waals surface area contributed by atoms with Gasteiger partial charge in [0.2, 0.25) is 0 Å². The molecule has 0 amide bonds. The molecule has 0 bridgehead atoms. The molecule has 27 heavy (non-hydrogen) atoms. The Morgan fingerprint density at radius 2 is 2.00 bits per heavy atom. The fourth-order valence-corrected chi connectivity index (χ4v) is 3.19. The smallest absolute Gasteiger partial charge is 0.149 e. The van der Waals surface area contributed by atoms with E-state index in [1.165, 1.54) is 0 Å². The van der Waals surface area contributed by atoms with Crippen LogP contribution in [0.15, 0.2) is 52.9 Å². The van der Waals surface area contributed by atoms with Crippen molar-refractivity contribution in [3.8, 4) is 17.4 Å². The summed E-state index contributed by atoms with van der Waals surface area (Å²) in [4.78, 5) is 7.67.